The Bertz CT molecular complexity index is 2020. The van der Waals surface area contributed by atoms with Crippen molar-refractivity contribution in [1.82, 2.24) is 20.4 Å². The molecule has 0 saturated carbocycles. The summed E-state index contributed by atoms with van der Waals surface area (Å²) in [5, 5.41) is 5.73. The maximum atomic E-state index is 12.8. The normalized spacial score (nSPS) is 13.6. The highest BCUT2D eigenvalue weighted by molar-refractivity contribution is 7.09. The molecule has 2 heterocycles. The fraction of sp³-hybridized carbons (Fsp3) is 0.553. The summed E-state index contributed by atoms with van der Waals surface area (Å²) in [6.07, 6.45) is -2.37. The van der Waals surface area contributed by atoms with Crippen LogP contribution in [0.4, 0.5) is 12.6 Å². The van der Waals surface area contributed by atoms with Crippen LogP contribution in [0.1, 0.15) is 97.9 Å². The van der Waals surface area contributed by atoms with Crippen LogP contribution in [0.25, 0.3) is 0 Å². The second-order valence-corrected chi connectivity index (χ2v) is 15.3. The highest BCUT2D eigenvalue weighted by atomic mass is 31.1. The van der Waals surface area contributed by atoms with Crippen molar-refractivity contribution in [2.24, 2.45) is 0 Å². The average molecular weight is 1100 g/mol. The van der Waals surface area contributed by atoms with Gasteiger partial charge in [0.05, 0.1) is 149 Å². The van der Waals surface area contributed by atoms with Gasteiger partial charge >= 0.3 is 0 Å². The highest BCUT2D eigenvalue weighted by Gasteiger charge is 2.37. The molecule has 0 spiro atoms. The fourth-order valence-electron chi connectivity index (χ4n) is 6.80. The van der Waals surface area contributed by atoms with E-state index in [0.717, 1.165) is 33.6 Å². The molecule has 26 heteroatoms. The molecule has 410 valence electrons. The summed E-state index contributed by atoms with van der Waals surface area (Å²) in [5.41, 5.74) is -0.418. The molecule has 2 aromatic carbocycles. The fourth-order valence-corrected chi connectivity index (χ4v) is 6.80. The van der Waals surface area contributed by atoms with Gasteiger partial charge < -0.3 is 58.2 Å². The number of imide groups is 2. The average Bonchev–Trinajstić information content (AvgIpc) is 3.81. The van der Waals surface area contributed by atoms with Gasteiger partial charge in [0.15, 0.2) is 0 Å². The summed E-state index contributed by atoms with van der Waals surface area (Å²) >= 11 is 0. The molecule has 4 rings (SSSR count). The molecule has 4 atom stereocenters. The molecule has 20 nitrogen and oxygen atoms in total. The Morgan fingerprint density at radius 3 is 1.16 bits per heavy atom. The van der Waals surface area contributed by atoms with Gasteiger partial charge in [0.2, 0.25) is 11.8 Å². The molecule has 0 aromatic heterocycles. The summed E-state index contributed by atoms with van der Waals surface area (Å²) in [7, 11) is 4.34. The van der Waals surface area contributed by atoms with Gasteiger partial charge in [0.25, 0.3) is 23.6 Å². The maximum Gasteiger partial charge on any atom is 0.261 e. The van der Waals surface area contributed by atoms with Crippen molar-refractivity contribution >= 4 is 82.9 Å². The van der Waals surface area contributed by atoms with Crippen molar-refractivity contribution in [3.05, 3.63) is 70.8 Å². The predicted molar refractivity (Wildman–Crippen MR) is 272 cm³/mol. The van der Waals surface area contributed by atoms with Crippen molar-refractivity contribution in [3.8, 4) is 0 Å². The zero-order chi connectivity index (χ0) is 57.5. The number of carbonyl (C=O) groups is 9. The molecule has 6 amide bonds. The van der Waals surface area contributed by atoms with E-state index in [-0.39, 0.29) is 129 Å². The summed E-state index contributed by atoms with van der Waals surface area (Å²) in [6, 6.07) is 13.2. The van der Waals surface area contributed by atoms with Crippen molar-refractivity contribution in [2.45, 2.75) is 63.5 Å². The van der Waals surface area contributed by atoms with Crippen LogP contribution in [-0.2, 0) is 57.1 Å². The second kappa shape index (κ2) is 41.8. The topological polar surface area (TPSA) is 249 Å². The number of hydrogen-bond acceptors (Lipinski definition) is 16. The van der Waals surface area contributed by atoms with Gasteiger partial charge in [-0.15, -0.1) is 0 Å². The predicted octanol–water partition coefficient (Wildman–Crippen LogP) is 4.24. The second-order valence-electron chi connectivity index (χ2n) is 15.3. The number of halogens is 3. The lowest BCUT2D eigenvalue weighted by Gasteiger charge is -2.34. The minimum Gasteiger partial charge on any atom is -0.382 e. The van der Waals surface area contributed by atoms with Crippen LogP contribution < -0.4 is 10.6 Å². The van der Waals surface area contributed by atoms with E-state index in [1.807, 2.05) is 13.8 Å². The van der Waals surface area contributed by atoms with Gasteiger partial charge in [0.1, 0.15) is 28.4 Å². The quantitative estimate of drug-likeness (QED) is 0.0424. The van der Waals surface area contributed by atoms with Crippen LogP contribution >= 0.6 is 28.7 Å². The molecule has 73 heavy (non-hydrogen) atoms. The summed E-state index contributed by atoms with van der Waals surface area (Å²) in [6.45, 7) is 4.66. The van der Waals surface area contributed by atoms with Gasteiger partial charge in [-0.3, -0.25) is 38.6 Å². The summed E-state index contributed by atoms with van der Waals surface area (Å²) < 4.78 is 87.4. The van der Waals surface area contributed by atoms with E-state index in [4.69, 9.17) is 37.3 Å². The third kappa shape index (κ3) is 24.6. The van der Waals surface area contributed by atoms with Crippen molar-refractivity contribution in [1.29, 1.82) is 0 Å². The molecular weight excluding hydrogens is 1030 g/mol. The Morgan fingerprint density at radius 2 is 0.863 bits per heavy atom. The first-order valence-electron chi connectivity index (χ1n) is 24.1. The molecule has 2 aliphatic rings. The number of nitrogens with one attached hydrogen (secondary N) is 2. The molecule has 0 bridgehead atoms. The molecular formula is C47H70F3N4O16P3. The van der Waals surface area contributed by atoms with E-state index in [9.17, 15) is 55.7 Å². The Morgan fingerprint density at radius 1 is 0.534 bits per heavy atom. The SMILES string of the molecule is CCOCC(CC)(COC)NC(=O)CCOCCN1C(=O)c2ccccc2C1=O.FP.FP.FP.[3H]C(=O)CCOCC(COCCC([3H])=O)(COCCC([3H])=O)NC(=O)CCOCCN1C(=O)c2ccccc2C1=O. The number of nitrogens with zero attached hydrogens (tertiary/aromatic N) is 2. The van der Waals surface area contributed by atoms with Crippen LogP contribution in [0.5, 0.6) is 0 Å². The van der Waals surface area contributed by atoms with E-state index in [0.29, 0.717) is 48.5 Å². The Balaban J connectivity index is 0.00000141. The lowest BCUT2D eigenvalue weighted by molar-refractivity contribution is -0.129. The number of ether oxygens (including phenoxy) is 7. The molecule has 0 aliphatic carbocycles. The van der Waals surface area contributed by atoms with Gasteiger partial charge in [-0.2, -0.15) is 0 Å². The zero-order valence-corrected chi connectivity index (χ0v) is 44.7. The largest absolute Gasteiger partial charge is 0.382 e. The molecule has 0 fully saturated rings. The number of aldehydes is 3. The lowest BCUT2D eigenvalue weighted by Crippen LogP contribution is -2.58. The molecule has 4 unspecified atom stereocenters. The van der Waals surface area contributed by atoms with Crippen LogP contribution in [0.3, 0.4) is 0 Å². The minimum absolute atomic E-state index is 0.00266. The number of rotatable bonds is 35. The monoisotopic (exact) mass is 1100 g/mol. The van der Waals surface area contributed by atoms with Crippen molar-refractivity contribution in [3.63, 3.8) is 0 Å². The van der Waals surface area contributed by atoms with E-state index in [1.165, 1.54) is 4.90 Å². The first kappa shape index (κ1) is 62.8. The number of fused-ring (bicyclic) bond motifs is 2. The highest BCUT2D eigenvalue weighted by Crippen LogP contribution is 2.23. The van der Waals surface area contributed by atoms with E-state index in [1.54, 1.807) is 55.6 Å². The molecule has 2 aliphatic heterocycles. The number of benzene rings is 2. The zero-order valence-electron chi connectivity index (χ0n) is 44.3. The van der Waals surface area contributed by atoms with Gasteiger partial charge in [0, 0.05) is 45.8 Å². The standard InChI is InChI=1S/C26H34N2O10.C21H30N2O6.3FH2P/c29-10-3-13-36-18-26(19-37-14-4-11-30,20-38-15-5-12-31)27-23(32)8-16-35-17-9-28-24(33)21-6-1-2-7-22(21)25(28)34;1-4-21(14-27-3,15-28-5-2)22-18(24)10-12-29-13-11-23-19(25)16-8-6-7-9-17(16)20(23)26;3*1-2/h1-2,6-7,10-12H,3-5,8-9,13-20H2,(H,27,32);6-9H,4-5,10-15H2,1-3H3,(H,22,24);3*2H2/i10T,11T,12T;;;;. The van der Waals surface area contributed by atoms with E-state index in [2.05, 4.69) is 10.6 Å². The third-order valence-electron chi connectivity index (χ3n) is 10.3. The maximum absolute atomic E-state index is 12.8. The summed E-state index contributed by atoms with van der Waals surface area (Å²) in [4.78, 5) is 110. The van der Waals surface area contributed by atoms with Gasteiger partial charge in [-0.25, -0.2) is 12.6 Å². The minimum atomic E-state index is -1.33. The molecule has 2 N–H and O–H groups in total. The number of hydrogen-bond donors (Lipinski definition) is 2. The third-order valence-corrected chi connectivity index (χ3v) is 10.3. The lowest BCUT2D eigenvalue weighted by atomic mass is 9.98. The van der Waals surface area contributed by atoms with Crippen LogP contribution in [0.15, 0.2) is 48.5 Å². The summed E-state index contributed by atoms with van der Waals surface area (Å²) in [5.74, 6) is -2.12. The van der Waals surface area contributed by atoms with Crippen LogP contribution in [0, 0.1) is 0 Å². The van der Waals surface area contributed by atoms with Gasteiger partial charge in [-0.1, -0.05) is 31.2 Å². The smallest absolute Gasteiger partial charge is 0.261 e. The van der Waals surface area contributed by atoms with Crippen LogP contribution in [-0.4, -0.2) is 181 Å². The first-order valence-corrected chi connectivity index (χ1v) is 23.9. The van der Waals surface area contributed by atoms with Crippen LogP contribution in [0.2, 0.25) is 0 Å². The first-order chi connectivity index (χ1) is 36.5. The van der Waals surface area contributed by atoms with Gasteiger partial charge in [-0.05, 0) is 37.6 Å². The van der Waals surface area contributed by atoms with E-state index < -0.39 is 47.6 Å². The number of carbonyl (C=O) groups excluding carboxylic acids is 9. The Labute approximate surface area is 435 Å². The Hall–Kier alpha value is -4.53. The number of methoxy groups -OCH3 is 1. The van der Waals surface area contributed by atoms with Crippen molar-refractivity contribution < 1.29 is 93.0 Å². The number of amides is 6. The van der Waals surface area contributed by atoms with Crippen molar-refractivity contribution in [2.75, 3.05) is 106 Å². The van der Waals surface area contributed by atoms with E-state index >= 15 is 0 Å². The molecule has 2 aromatic rings. The molecule has 0 saturated heterocycles. The Kier molecular flexibility index (Phi) is 35.9. The molecule has 0 radical (unpaired) electrons.